The fourth-order valence-electron chi connectivity index (χ4n) is 5.42. The SMILES string of the molecule is CC[N+]1(C(CN)C(C)C)NC(=O)C(N)=C1N(Cc1ccc(F)cc1)CC1CCCCC1. The standard InChI is InChI=1S/C24H38FN5O/c1-4-30(21(14-26)17(2)3)24(22(27)23(31)28-30)29(15-18-8-6-5-7-9-18)16-19-10-12-20(25)13-11-19/h10-13,17-18,21H,4-9,14-16,26-27H2,1-3H3/p+1. The number of hydrogen-bond donors (Lipinski definition) is 3. The van der Waals surface area contributed by atoms with Crippen LogP contribution in [0.25, 0.3) is 0 Å². The minimum atomic E-state index is -0.249. The molecule has 0 radical (unpaired) electrons. The molecular formula is C24H39FN5O+. The Kier molecular flexibility index (Phi) is 7.59. The number of likely N-dealkylation sites (N-methyl/N-ethyl adjacent to an activating group) is 1. The highest BCUT2D eigenvalue weighted by molar-refractivity contribution is 5.93. The van der Waals surface area contributed by atoms with Gasteiger partial charge in [-0.3, -0.25) is 4.79 Å². The Balaban J connectivity index is 2.03. The normalized spacial score (nSPS) is 23.4. The van der Waals surface area contributed by atoms with E-state index < -0.39 is 0 Å². The second-order valence-electron chi connectivity index (χ2n) is 9.42. The van der Waals surface area contributed by atoms with Gasteiger partial charge in [0.15, 0.2) is 5.70 Å². The monoisotopic (exact) mass is 432 g/mol. The van der Waals surface area contributed by atoms with E-state index in [1.165, 1.54) is 44.2 Å². The van der Waals surface area contributed by atoms with Crippen LogP contribution >= 0.6 is 0 Å². The van der Waals surface area contributed by atoms with E-state index in [9.17, 15) is 9.18 Å². The molecule has 5 N–H and O–H groups in total. The third-order valence-electron chi connectivity index (χ3n) is 7.03. The first-order valence-corrected chi connectivity index (χ1v) is 11.7. The molecule has 3 rings (SSSR count). The number of hydrogen-bond acceptors (Lipinski definition) is 4. The van der Waals surface area contributed by atoms with E-state index in [2.05, 4.69) is 31.1 Å². The fraction of sp³-hybridized carbons (Fsp3) is 0.625. The van der Waals surface area contributed by atoms with E-state index in [1.807, 2.05) is 12.1 Å². The summed E-state index contributed by atoms with van der Waals surface area (Å²) in [5, 5.41) is 0. The second kappa shape index (κ2) is 10.0. The zero-order valence-corrected chi connectivity index (χ0v) is 19.2. The average molecular weight is 433 g/mol. The van der Waals surface area contributed by atoms with Gasteiger partial charge in [-0.1, -0.05) is 45.2 Å². The van der Waals surface area contributed by atoms with Crippen molar-refractivity contribution in [2.24, 2.45) is 23.3 Å². The lowest BCUT2D eigenvalue weighted by Crippen LogP contribution is -2.67. The molecule has 0 aromatic heterocycles. The van der Waals surface area contributed by atoms with Gasteiger partial charge in [-0.05, 0) is 43.4 Å². The molecule has 1 amide bonds. The highest BCUT2D eigenvalue weighted by atomic mass is 19.1. The predicted molar refractivity (Wildman–Crippen MR) is 121 cm³/mol. The van der Waals surface area contributed by atoms with Crippen LogP contribution in [0.1, 0.15) is 58.4 Å². The van der Waals surface area contributed by atoms with Gasteiger partial charge in [-0.2, -0.15) is 10.0 Å². The maximum atomic E-state index is 13.5. The van der Waals surface area contributed by atoms with Crippen molar-refractivity contribution in [2.45, 2.75) is 65.5 Å². The zero-order valence-electron chi connectivity index (χ0n) is 19.2. The van der Waals surface area contributed by atoms with E-state index in [0.29, 0.717) is 25.6 Å². The van der Waals surface area contributed by atoms with Crippen molar-refractivity contribution in [2.75, 3.05) is 19.6 Å². The summed E-state index contributed by atoms with van der Waals surface area (Å²) < 4.78 is 13.8. The van der Waals surface area contributed by atoms with Crippen molar-refractivity contribution in [1.82, 2.24) is 10.3 Å². The Morgan fingerprint density at radius 2 is 1.84 bits per heavy atom. The summed E-state index contributed by atoms with van der Waals surface area (Å²) in [5.74, 6) is 1.16. The highest BCUT2D eigenvalue weighted by Crippen LogP contribution is 2.35. The van der Waals surface area contributed by atoms with Gasteiger partial charge in [0, 0.05) is 25.6 Å². The number of nitrogens with zero attached hydrogens (tertiary/aromatic N) is 2. The number of nitrogens with one attached hydrogen (secondary N) is 1. The van der Waals surface area contributed by atoms with Gasteiger partial charge in [0.1, 0.15) is 18.4 Å². The molecule has 31 heavy (non-hydrogen) atoms. The Labute approximate surface area is 186 Å². The summed E-state index contributed by atoms with van der Waals surface area (Å²) >= 11 is 0. The number of halogens is 1. The van der Waals surface area contributed by atoms with Crippen molar-refractivity contribution >= 4 is 5.91 Å². The fourth-order valence-corrected chi connectivity index (χ4v) is 5.42. The van der Waals surface area contributed by atoms with E-state index >= 15 is 0 Å². The molecule has 1 fully saturated rings. The van der Waals surface area contributed by atoms with Gasteiger partial charge in [-0.15, -0.1) is 0 Å². The first kappa shape index (κ1) is 23.5. The van der Waals surface area contributed by atoms with Crippen molar-refractivity contribution in [3.8, 4) is 0 Å². The van der Waals surface area contributed by atoms with Gasteiger partial charge in [0.2, 0.25) is 0 Å². The van der Waals surface area contributed by atoms with Crippen LogP contribution < -0.4 is 16.9 Å². The molecule has 0 spiro atoms. The Hall–Kier alpha value is -2.12. The number of carbonyl (C=O) groups excluding carboxylic acids is 1. The smallest absolute Gasteiger partial charge is 0.320 e. The van der Waals surface area contributed by atoms with Gasteiger partial charge in [-0.25, -0.2) is 4.39 Å². The van der Waals surface area contributed by atoms with E-state index in [1.54, 1.807) is 0 Å². The molecule has 1 heterocycles. The predicted octanol–water partition coefficient (Wildman–Crippen LogP) is 3.20. The van der Waals surface area contributed by atoms with Crippen molar-refractivity contribution < 1.29 is 13.8 Å². The van der Waals surface area contributed by atoms with E-state index in [0.717, 1.165) is 17.9 Å². The van der Waals surface area contributed by atoms with Crippen LogP contribution in [-0.4, -0.2) is 41.1 Å². The molecule has 0 saturated heterocycles. The number of quaternary nitrogens is 1. The summed E-state index contributed by atoms with van der Waals surface area (Å²) in [7, 11) is 0. The molecule has 2 atom stereocenters. The summed E-state index contributed by atoms with van der Waals surface area (Å²) in [4.78, 5) is 15.1. The molecule has 1 saturated carbocycles. The number of rotatable bonds is 9. The first-order chi connectivity index (χ1) is 14.8. The molecule has 7 heteroatoms. The van der Waals surface area contributed by atoms with Gasteiger partial charge >= 0.3 is 5.91 Å². The second-order valence-corrected chi connectivity index (χ2v) is 9.42. The lowest BCUT2D eigenvalue weighted by atomic mass is 9.88. The van der Waals surface area contributed by atoms with Gasteiger partial charge in [0.25, 0.3) is 5.82 Å². The Bertz CT molecular complexity index is 788. The molecule has 2 unspecified atom stereocenters. The van der Waals surface area contributed by atoms with Crippen molar-refractivity contribution in [3.05, 3.63) is 47.2 Å². The average Bonchev–Trinajstić information content (AvgIpc) is 3.01. The summed E-state index contributed by atoms with van der Waals surface area (Å²) in [6.07, 6.45) is 6.14. The Morgan fingerprint density at radius 3 is 2.39 bits per heavy atom. The van der Waals surface area contributed by atoms with Crippen LogP contribution in [0.3, 0.4) is 0 Å². The van der Waals surface area contributed by atoms with Crippen molar-refractivity contribution in [3.63, 3.8) is 0 Å². The minimum absolute atomic E-state index is 0.00655. The first-order valence-electron chi connectivity index (χ1n) is 11.7. The van der Waals surface area contributed by atoms with Crippen LogP contribution in [0.4, 0.5) is 4.39 Å². The molecule has 2 aliphatic rings. The number of amides is 1. The molecule has 1 aromatic rings. The van der Waals surface area contributed by atoms with Crippen molar-refractivity contribution in [1.29, 1.82) is 0 Å². The molecule has 172 valence electrons. The van der Waals surface area contributed by atoms with Crippen LogP contribution in [0.2, 0.25) is 0 Å². The molecule has 6 nitrogen and oxygen atoms in total. The number of nitrogens with two attached hydrogens (primary N) is 2. The lowest BCUT2D eigenvalue weighted by Gasteiger charge is -2.45. The third kappa shape index (κ3) is 4.88. The van der Waals surface area contributed by atoms with Crippen LogP contribution in [0, 0.1) is 17.7 Å². The highest BCUT2D eigenvalue weighted by Gasteiger charge is 2.52. The lowest BCUT2D eigenvalue weighted by molar-refractivity contribution is -0.953. The minimum Gasteiger partial charge on any atom is -0.388 e. The van der Waals surface area contributed by atoms with E-state index in [4.69, 9.17) is 11.5 Å². The van der Waals surface area contributed by atoms with Crippen LogP contribution in [0.15, 0.2) is 35.8 Å². The van der Waals surface area contributed by atoms with E-state index in [-0.39, 0.29) is 34.0 Å². The topological polar surface area (TPSA) is 84.4 Å². The third-order valence-corrected chi connectivity index (χ3v) is 7.03. The van der Waals surface area contributed by atoms with Crippen LogP contribution in [-0.2, 0) is 11.3 Å². The molecule has 1 aliphatic heterocycles. The van der Waals surface area contributed by atoms with Crippen LogP contribution in [0.5, 0.6) is 0 Å². The summed E-state index contributed by atoms with van der Waals surface area (Å²) in [6.45, 7) is 8.85. The summed E-state index contributed by atoms with van der Waals surface area (Å²) in [5.41, 5.74) is 17.1. The number of carbonyl (C=O) groups is 1. The summed E-state index contributed by atoms with van der Waals surface area (Å²) in [6, 6.07) is 6.61. The molecule has 1 aromatic carbocycles. The maximum Gasteiger partial charge on any atom is 0.320 e. The largest absolute Gasteiger partial charge is 0.388 e. The molecule has 1 aliphatic carbocycles. The maximum absolute atomic E-state index is 13.5. The van der Waals surface area contributed by atoms with Gasteiger partial charge in [0.05, 0.1) is 0 Å². The quantitative estimate of drug-likeness (QED) is 0.523. The number of benzene rings is 1. The van der Waals surface area contributed by atoms with Gasteiger partial charge < -0.3 is 16.4 Å². The zero-order chi connectivity index (χ0) is 22.6. The Morgan fingerprint density at radius 1 is 1.19 bits per heavy atom. The molecule has 0 bridgehead atoms. The molecular weight excluding hydrogens is 393 g/mol.